The molecule has 2 atom stereocenters. The molecule has 23 heavy (non-hydrogen) atoms. The summed E-state index contributed by atoms with van der Waals surface area (Å²) in [4.78, 5) is 2.36. The Balaban J connectivity index is 1.54. The van der Waals surface area contributed by atoms with Gasteiger partial charge in [0.15, 0.2) is 11.5 Å². The van der Waals surface area contributed by atoms with Gasteiger partial charge in [-0.1, -0.05) is 0 Å². The van der Waals surface area contributed by atoms with E-state index < -0.39 is 0 Å². The van der Waals surface area contributed by atoms with Gasteiger partial charge < -0.3 is 25.0 Å². The largest absolute Gasteiger partial charge is 0.493 e. The molecular formula is C18H21N3O2. The number of rotatable bonds is 4. The Morgan fingerprint density at radius 1 is 1.00 bits per heavy atom. The van der Waals surface area contributed by atoms with Gasteiger partial charge in [-0.15, -0.1) is 0 Å². The summed E-state index contributed by atoms with van der Waals surface area (Å²) in [5.74, 6) is 1.47. The van der Waals surface area contributed by atoms with Gasteiger partial charge in [0, 0.05) is 11.8 Å². The van der Waals surface area contributed by atoms with E-state index in [1.165, 1.54) is 22.5 Å². The van der Waals surface area contributed by atoms with Gasteiger partial charge >= 0.3 is 0 Å². The smallest absolute Gasteiger partial charge is 0.162 e. The van der Waals surface area contributed by atoms with E-state index >= 15 is 0 Å². The van der Waals surface area contributed by atoms with Crippen LogP contribution in [0.3, 0.4) is 0 Å². The molecule has 0 aliphatic carbocycles. The van der Waals surface area contributed by atoms with Gasteiger partial charge in [-0.05, 0) is 49.2 Å². The van der Waals surface area contributed by atoms with Gasteiger partial charge in [0.1, 0.15) is 12.3 Å². The van der Waals surface area contributed by atoms with Crippen LogP contribution < -0.4 is 25.0 Å². The fourth-order valence-electron chi connectivity index (χ4n) is 3.21. The molecule has 2 aliphatic heterocycles. The molecular weight excluding hydrogens is 290 g/mol. The predicted octanol–water partition coefficient (Wildman–Crippen LogP) is 3.33. The normalized spacial score (nSPS) is 20.4. The number of anilines is 3. The molecule has 2 heterocycles. The van der Waals surface area contributed by atoms with Crippen LogP contribution in [0.1, 0.15) is 11.1 Å². The summed E-state index contributed by atoms with van der Waals surface area (Å²) in [5, 5.41) is 7.12. The number of nitrogens with zero attached hydrogens (tertiary/aromatic N) is 1. The van der Waals surface area contributed by atoms with Crippen LogP contribution in [0.5, 0.6) is 11.5 Å². The fraction of sp³-hybridized carbons (Fsp3) is 0.333. The maximum atomic E-state index is 5.36. The molecule has 5 heteroatoms. The molecule has 5 nitrogen and oxygen atoms in total. The van der Waals surface area contributed by atoms with Crippen LogP contribution in [0.4, 0.5) is 17.1 Å². The average Bonchev–Trinajstić information content (AvgIpc) is 3.08. The van der Waals surface area contributed by atoms with E-state index in [-0.39, 0.29) is 6.17 Å². The number of nitrogens with one attached hydrogen (secondary N) is 2. The number of aryl methyl sites for hydroxylation is 2. The summed E-state index contributed by atoms with van der Waals surface area (Å²) in [6, 6.07) is 10.4. The van der Waals surface area contributed by atoms with Gasteiger partial charge in [0.2, 0.25) is 0 Å². The SMILES string of the molecule is COc1ccc(NC2C3Nc4cc(C)c(C)cc4N23)cc1OC. The first-order chi connectivity index (χ1) is 11.1. The third kappa shape index (κ3) is 2.15. The summed E-state index contributed by atoms with van der Waals surface area (Å²) < 4.78 is 10.6. The lowest BCUT2D eigenvalue weighted by molar-refractivity contribution is 0.355. The quantitative estimate of drug-likeness (QED) is 0.848. The Kier molecular flexibility index (Phi) is 3.04. The summed E-state index contributed by atoms with van der Waals surface area (Å²) in [6.45, 7) is 4.30. The van der Waals surface area contributed by atoms with E-state index in [1.807, 2.05) is 18.2 Å². The van der Waals surface area contributed by atoms with Crippen molar-refractivity contribution in [1.29, 1.82) is 0 Å². The fourth-order valence-corrected chi connectivity index (χ4v) is 3.21. The Hall–Kier alpha value is -2.56. The molecule has 2 N–H and O–H groups in total. The van der Waals surface area contributed by atoms with Crippen LogP contribution in [0.15, 0.2) is 30.3 Å². The van der Waals surface area contributed by atoms with Crippen LogP contribution in [0, 0.1) is 13.8 Å². The van der Waals surface area contributed by atoms with E-state index in [0.717, 1.165) is 17.2 Å². The van der Waals surface area contributed by atoms with Gasteiger partial charge in [0.25, 0.3) is 0 Å². The van der Waals surface area contributed by atoms with E-state index in [1.54, 1.807) is 14.2 Å². The standard InChI is InChI=1S/C18H21N3O2/c1-10-7-13-14(8-11(10)2)21-17(18(21)20-13)19-12-5-6-15(22-3)16(9-12)23-4/h5-9,17-20H,1-4H3. The highest BCUT2D eigenvalue weighted by Gasteiger charge is 2.53. The molecule has 0 saturated carbocycles. The van der Waals surface area contributed by atoms with Crippen molar-refractivity contribution in [2.75, 3.05) is 29.8 Å². The van der Waals surface area contributed by atoms with Crippen LogP contribution in [-0.4, -0.2) is 26.6 Å². The summed E-state index contributed by atoms with van der Waals surface area (Å²) in [6.07, 6.45) is 0.585. The highest BCUT2D eigenvalue weighted by atomic mass is 16.5. The van der Waals surface area contributed by atoms with Crippen LogP contribution in [0.2, 0.25) is 0 Å². The molecule has 1 fully saturated rings. The second-order valence-electron chi connectivity index (χ2n) is 6.11. The summed E-state index contributed by atoms with van der Waals surface area (Å²) in [5.41, 5.74) is 6.17. The highest BCUT2D eigenvalue weighted by molar-refractivity contribution is 5.84. The molecule has 0 radical (unpaired) electrons. The van der Waals surface area contributed by atoms with Crippen molar-refractivity contribution in [3.63, 3.8) is 0 Å². The summed E-state index contributed by atoms with van der Waals surface area (Å²) in [7, 11) is 3.30. The lowest BCUT2D eigenvalue weighted by Gasteiger charge is -2.14. The van der Waals surface area contributed by atoms with Gasteiger partial charge in [0.05, 0.1) is 25.6 Å². The van der Waals surface area contributed by atoms with Crippen molar-refractivity contribution in [3.8, 4) is 11.5 Å². The van der Waals surface area contributed by atoms with Crippen LogP contribution >= 0.6 is 0 Å². The molecule has 1 saturated heterocycles. The minimum atomic E-state index is 0.266. The molecule has 0 amide bonds. The minimum absolute atomic E-state index is 0.266. The van der Waals surface area contributed by atoms with Crippen molar-refractivity contribution >= 4 is 17.1 Å². The number of hydrogen-bond donors (Lipinski definition) is 2. The molecule has 2 aromatic carbocycles. The first-order valence-corrected chi connectivity index (χ1v) is 7.77. The molecule has 2 aliphatic rings. The maximum Gasteiger partial charge on any atom is 0.162 e. The topological polar surface area (TPSA) is 45.5 Å². The van der Waals surface area contributed by atoms with E-state index in [2.05, 4.69) is 41.5 Å². The number of benzene rings is 2. The van der Waals surface area contributed by atoms with Crippen molar-refractivity contribution < 1.29 is 9.47 Å². The number of hydrogen-bond acceptors (Lipinski definition) is 5. The molecule has 2 aromatic rings. The Labute approximate surface area is 136 Å². The first-order valence-electron chi connectivity index (χ1n) is 7.77. The van der Waals surface area contributed by atoms with Crippen molar-refractivity contribution in [1.82, 2.24) is 0 Å². The van der Waals surface area contributed by atoms with Gasteiger partial charge in [-0.2, -0.15) is 0 Å². The van der Waals surface area contributed by atoms with Crippen molar-refractivity contribution in [2.24, 2.45) is 0 Å². The number of ether oxygens (including phenoxy) is 2. The minimum Gasteiger partial charge on any atom is -0.493 e. The lowest BCUT2D eigenvalue weighted by atomic mass is 10.1. The monoisotopic (exact) mass is 311 g/mol. The first kappa shape index (κ1) is 14.1. The Morgan fingerprint density at radius 2 is 1.74 bits per heavy atom. The maximum absolute atomic E-state index is 5.36. The van der Waals surface area contributed by atoms with Crippen molar-refractivity contribution in [3.05, 3.63) is 41.5 Å². The number of fused-ring (bicyclic) bond motifs is 3. The van der Waals surface area contributed by atoms with Gasteiger partial charge in [-0.25, -0.2) is 0 Å². The zero-order chi connectivity index (χ0) is 16.1. The zero-order valence-electron chi connectivity index (χ0n) is 13.8. The number of methoxy groups -OCH3 is 2. The van der Waals surface area contributed by atoms with E-state index in [4.69, 9.17) is 9.47 Å². The third-order valence-electron chi connectivity index (χ3n) is 4.70. The molecule has 0 bridgehead atoms. The molecule has 0 aromatic heterocycles. The third-order valence-corrected chi connectivity index (χ3v) is 4.70. The highest BCUT2D eigenvalue weighted by Crippen LogP contribution is 2.48. The average molecular weight is 311 g/mol. The lowest BCUT2D eigenvalue weighted by Crippen LogP contribution is -2.15. The van der Waals surface area contributed by atoms with Gasteiger partial charge in [-0.3, -0.25) is 0 Å². The van der Waals surface area contributed by atoms with E-state index in [0.29, 0.717) is 6.17 Å². The summed E-state index contributed by atoms with van der Waals surface area (Å²) >= 11 is 0. The Bertz CT molecular complexity index is 775. The second kappa shape index (κ2) is 4.98. The predicted molar refractivity (Wildman–Crippen MR) is 92.8 cm³/mol. The van der Waals surface area contributed by atoms with Crippen molar-refractivity contribution in [2.45, 2.75) is 26.2 Å². The van der Waals surface area contributed by atoms with Crippen LogP contribution in [-0.2, 0) is 0 Å². The molecule has 120 valence electrons. The molecule has 4 rings (SSSR count). The Morgan fingerprint density at radius 3 is 2.48 bits per heavy atom. The second-order valence-corrected chi connectivity index (χ2v) is 6.11. The van der Waals surface area contributed by atoms with E-state index in [9.17, 15) is 0 Å². The molecule has 2 unspecified atom stereocenters. The zero-order valence-corrected chi connectivity index (χ0v) is 13.8. The molecule has 0 spiro atoms. The van der Waals surface area contributed by atoms with Crippen LogP contribution in [0.25, 0.3) is 0 Å².